The summed E-state index contributed by atoms with van der Waals surface area (Å²) in [5, 5.41) is 18.7. The Kier molecular flexibility index (Phi) is 2.08. The molecule has 2 heterocycles. The molecule has 2 rings (SSSR count). The summed E-state index contributed by atoms with van der Waals surface area (Å²) in [7, 11) is 0. The topological polar surface area (TPSA) is 58.9 Å². The van der Waals surface area contributed by atoms with Crippen LogP contribution in [0.15, 0.2) is 0 Å². The van der Waals surface area contributed by atoms with E-state index in [1.165, 1.54) is 0 Å². The molecule has 2 aliphatic rings. The molecule has 0 saturated carbocycles. The van der Waals surface area contributed by atoms with Crippen molar-refractivity contribution in [2.45, 2.75) is 50.5 Å². The average Bonchev–Trinajstić information content (AvgIpc) is 2.29. The molecule has 0 aromatic rings. The van der Waals surface area contributed by atoms with Crippen molar-refractivity contribution in [1.29, 1.82) is 0 Å². The van der Waals surface area contributed by atoms with Crippen LogP contribution >= 0.6 is 0 Å². The highest BCUT2D eigenvalue weighted by atomic mass is 16.6. The molecule has 0 aliphatic carbocycles. The van der Waals surface area contributed by atoms with E-state index in [1.807, 2.05) is 6.92 Å². The molecule has 70 valence electrons. The van der Waals surface area contributed by atoms with Crippen molar-refractivity contribution in [1.82, 2.24) is 0 Å². The minimum Gasteiger partial charge on any atom is -0.390 e. The van der Waals surface area contributed by atoms with Crippen molar-refractivity contribution in [3.63, 3.8) is 0 Å². The summed E-state index contributed by atoms with van der Waals surface area (Å²) in [5.74, 6) is 0. The first-order chi connectivity index (χ1) is 5.66. The van der Waals surface area contributed by atoms with E-state index in [0.717, 1.165) is 6.42 Å². The number of fused-ring (bicyclic) bond motifs is 1. The normalized spacial score (nSPS) is 53.8. The molecule has 0 aromatic carbocycles. The molecule has 4 heteroatoms. The lowest BCUT2D eigenvalue weighted by Crippen LogP contribution is -2.45. The maximum atomic E-state index is 9.50. The SMILES string of the molecule is C[C@@H]1C[C@H]2OC(O)C[C@@H](O)[C@H]2O1. The van der Waals surface area contributed by atoms with Gasteiger partial charge in [-0.25, -0.2) is 0 Å². The van der Waals surface area contributed by atoms with Gasteiger partial charge in [-0.3, -0.25) is 0 Å². The smallest absolute Gasteiger partial charge is 0.157 e. The standard InChI is InChI=1S/C8H14O4/c1-4-2-6-8(11-4)5(9)3-7(10)12-6/h4-10H,2-3H2,1H3/t4-,5-,6-,7?,8-/m1/s1. The lowest BCUT2D eigenvalue weighted by Gasteiger charge is -2.32. The van der Waals surface area contributed by atoms with Crippen LogP contribution in [0.1, 0.15) is 19.8 Å². The Labute approximate surface area is 71.1 Å². The second kappa shape index (κ2) is 2.96. The molecule has 2 saturated heterocycles. The van der Waals surface area contributed by atoms with Crippen molar-refractivity contribution in [2.24, 2.45) is 0 Å². The van der Waals surface area contributed by atoms with E-state index >= 15 is 0 Å². The lowest BCUT2D eigenvalue weighted by molar-refractivity contribution is -0.218. The van der Waals surface area contributed by atoms with E-state index in [4.69, 9.17) is 9.47 Å². The fourth-order valence-electron chi connectivity index (χ4n) is 1.94. The zero-order chi connectivity index (χ0) is 8.72. The van der Waals surface area contributed by atoms with Gasteiger partial charge in [-0.1, -0.05) is 0 Å². The Morgan fingerprint density at radius 1 is 1.17 bits per heavy atom. The first-order valence-corrected chi connectivity index (χ1v) is 4.34. The fraction of sp³-hybridized carbons (Fsp3) is 1.00. The van der Waals surface area contributed by atoms with Gasteiger partial charge in [0.1, 0.15) is 6.10 Å². The van der Waals surface area contributed by atoms with Gasteiger partial charge in [0, 0.05) is 12.8 Å². The van der Waals surface area contributed by atoms with Gasteiger partial charge in [0.25, 0.3) is 0 Å². The maximum absolute atomic E-state index is 9.50. The van der Waals surface area contributed by atoms with Crippen LogP contribution in [0.2, 0.25) is 0 Å². The zero-order valence-corrected chi connectivity index (χ0v) is 7.01. The summed E-state index contributed by atoms with van der Waals surface area (Å²) in [6, 6.07) is 0. The Balaban J connectivity index is 2.05. The van der Waals surface area contributed by atoms with Crippen LogP contribution in [0.25, 0.3) is 0 Å². The lowest BCUT2D eigenvalue weighted by atomic mass is 10.0. The second-order valence-corrected chi connectivity index (χ2v) is 3.58. The Morgan fingerprint density at radius 3 is 2.67 bits per heavy atom. The molecule has 0 amide bonds. The van der Waals surface area contributed by atoms with Crippen molar-refractivity contribution in [2.75, 3.05) is 0 Å². The predicted molar refractivity (Wildman–Crippen MR) is 40.5 cm³/mol. The molecule has 2 aliphatic heterocycles. The largest absolute Gasteiger partial charge is 0.390 e. The van der Waals surface area contributed by atoms with Gasteiger partial charge in [-0.05, 0) is 6.92 Å². The minimum atomic E-state index is -0.824. The van der Waals surface area contributed by atoms with Gasteiger partial charge >= 0.3 is 0 Å². The van der Waals surface area contributed by atoms with Crippen molar-refractivity contribution >= 4 is 0 Å². The van der Waals surface area contributed by atoms with Gasteiger partial charge in [0.2, 0.25) is 0 Å². The molecule has 0 spiro atoms. The number of rotatable bonds is 0. The van der Waals surface area contributed by atoms with Crippen LogP contribution in [0, 0.1) is 0 Å². The summed E-state index contributed by atoms with van der Waals surface area (Å²) in [6.45, 7) is 1.95. The number of ether oxygens (including phenoxy) is 2. The van der Waals surface area contributed by atoms with Crippen molar-refractivity contribution < 1.29 is 19.7 Å². The quantitative estimate of drug-likeness (QED) is 0.526. The number of aliphatic hydroxyl groups excluding tert-OH is 2. The Bertz CT molecular complexity index is 172. The van der Waals surface area contributed by atoms with Gasteiger partial charge in [-0.2, -0.15) is 0 Å². The van der Waals surface area contributed by atoms with Gasteiger partial charge < -0.3 is 19.7 Å². The highest BCUT2D eigenvalue weighted by Gasteiger charge is 2.43. The average molecular weight is 174 g/mol. The number of hydrogen-bond acceptors (Lipinski definition) is 4. The molecule has 0 radical (unpaired) electrons. The van der Waals surface area contributed by atoms with E-state index in [1.54, 1.807) is 0 Å². The molecule has 2 fully saturated rings. The van der Waals surface area contributed by atoms with Crippen LogP contribution in [-0.2, 0) is 9.47 Å². The fourth-order valence-corrected chi connectivity index (χ4v) is 1.94. The van der Waals surface area contributed by atoms with Crippen molar-refractivity contribution in [3.05, 3.63) is 0 Å². The van der Waals surface area contributed by atoms with E-state index in [-0.39, 0.29) is 24.7 Å². The Morgan fingerprint density at radius 2 is 1.92 bits per heavy atom. The van der Waals surface area contributed by atoms with E-state index in [2.05, 4.69) is 0 Å². The molecular formula is C8H14O4. The van der Waals surface area contributed by atoms with Crippen LogP contribution in [0.4, 0.5) is 0 Å². The highest BCUT2D eigenvalue weighted by Crippen LogP contribution is 2.31. The maximum Gasteiger partial charge on any atom is 0.157 e. The van der Waals surface area contributed by atoms with Crippen LogP contribution in [0.3, 0.4) is 0 Å². The summed E-state index contributed by atoms with van der Waals surface area (Å²) in [6.07, 6.45) is -0.618. The van der Waals surface area contributed by atoms with Crippen LogP contribution in [-0.4, -0.2) is 40.9 Å². The molecule has 0 aromatic heterocycles. The summed E-state index contributed by atoms with van der Waals surface area (Å²) >= 11 is 0. The Hall–Kier alpha value is -0.160. The van der Waals surface area contributed by atoms with E-state index in [9.17, 15) is 10.2 Å². The van der Waals surface area contributed by atoms with E-state index in [0.29, 0.717) is 0 Å². The molecule has 12 heavy (non-hydrogen) atoms. The molecule has 0 bridgehead atoms. The second-order valence-electron chi connectivity index (χ2n) is 3.58. The van der Waals surface area contributed by atoms with Gasteiger partial charge in [-0.15, -0.1) is 0 Å². The summed E-state index contributed by atoms with van der Waals surface area (Å²) in [4.78, 5) is 0. The molecule has 2 N–H and O–H groups in total. The van der Waals surface area contributed by atoms with E-state index < -0.39 is 12.4 Å². The molecule has 1 unspecified atom stereocenters. The van der Waals surface area contributed by atoms with Gasteiger partial charge in [0.15, 0.2) is 6.29 Å². The monoisotopic (exact) mass is 174 g/mol. The minimum absolute atomic E-state index is 0.125. The predicted octanol–water partition coefficient (Wildman–Crippen LogP) is -0.368. The van der Waals surface area contributed by atoms with Crippen LogP contribution in [0.5, 0.6) is 0 Å². The third-order valence-electron chi connectivity index (χ3n) is 2.47. The zero-order valence-electron chi connectivity index (χ0n) is 7.01. The summed E-state index contributed by atoms with van der Waals surface area (Å²) < 4.78 is 10.7. The first kappa shape index (κ1) is 8.44. The van der Waals surface area contributed by atoms with Crippen LogP contribution < -0.4 is 0 Å². The summed E-state index contributed by atoms with van der Waals surface area (Å²) in [5.41, 5.74) is 0. The molecule has 4 nitrogen and oxygen atoms in total. The van der Waals surface area contributed by atoms with Gasteiger partial charge in [0.05, 0.1) is 18.3 Å². The van der Waals surface area contributed by atoms with Crippen molar-refractivity contribution in [3.8, 4) is 0 Å². The third kappa shape index (κ3) is 1.35. The number of hydrogen-bond donors (Lipinski definition) is 2. The third-order valence-corrected chi connectivity index (χ3v) is 2.47. The molecule has 5 atom stereocenters. The highest BCUT2D eigenvalue weighted by molar-refractivity contribution is 4.90. The number of aliphatic hydroxyl groups is 2. The molecular weight excluding hydrogens is 160 g/mol. The first-order valence-electron chi connectivity index (χ1n) is 4.34.